The molecule has 16 heavy (non-hydrogen) atoms. The minimum atomic E-state index is -0.587. The van der Waals surface area contributed by atoms with E-state index in [2.05, 4.69) is 29.2 Å². The second kappa shape index (κ2) is 6.16. The van der Waals surface area contributed by atoms with Gasteiger partial charge in [0.1, 0.15) is 0 Å². The summed E-state index contributed by atoms with van der Waals surface area (Å²) in [4.78, 5) is 13.4. The molecule has 1 rings (SSSR count). The Kier molecular flexibility index (Phi) is 4.84. The van der Waals surface area contributed by atoms with Crippen molar-refractivity contribution in [1.82, 2.24) is 20.1 Å². The fourth-order valence-electron chi connectivity index (χ4n) is 1.37. The Hall–Kier alpha value is -1.50. The van der Waals surface area contributed by atoms with Crippen molar-refractivity contribution in [1.29, 1.82) is 0 Å². The molecule has 0 radical (unpaired) electrons. The summed E-state index contributed by atoms with van der Waals surface area (Å²) in [5.41, 5.74) is 0. The largest absolute Gasteiger partial charge is 0.490 e. The van der Waals surface area contributed by atoms with Crippen LogP contribution in [0, 0.1) is 16.0 Å². The Bertz CT molecular complexity index is 338. The Morgan fingerprint density at radius 2 is 2.44 bits per heavy atom. The van der Waals surface area contributed by atoms with Crippen LogP contribution in [0.2, 0.25) is 0 Å². The maximum atomic E-state index is 10.4. The monoisotopic (exact) mass is 227 g/mol. The second-order valence-electron chi connectivity index (χ2n) is 3.83. The van der Waals surface area contributed by atoms with Crippen LogP contribution in [-0.4, -0.2) is 32.8 Å². The third kappa shape index (κ3) is 3.93. The smallest absolute Gasteiger partial charge is 0.390 e. The average Bonchev–Trinajstić information content (AvgIpc) is 2.66. The van der Waals surface area contributed by atoms with E-state index >= 15 is 0 Å². The molecule has 0 saturated heterocycles. The van der Waals surface area contributed by atoms with E-state index in [0.717, 1.165) is 19.5 Å². The standard InChI is InChI=1S/C9H17N5O2/c1-3-4-10-5-8(2)6-13-7-11-9(12-13)14(15)16/h7-8,10H,3-6H2,1-2H3. The predicted molar refractivity (Wildman–Crippen MR) is 59.0 cm³/mol. The van der Waals surface area contributed by atoms with Gasteiger partial charge in [0.15, 0.2) is 0 Å². The summed E-state index contributed by atoms with van der Waals surface area (Å²) in [5, 5.41) is 17.4. The van der Waals surface area contributed by atoms with E-state index in [1.165, 1.54) is 11.0 Å². The summed E-state index contributed by atoms with van der Waals surface area (Å²) >= 11 is 0. The van der Waals surface area contributed by atoms with E-state index in [0.29, 0.717) is 12.5 Å². The van der Waals surface area contributed by atoms with Gasteiger partial charge in [-0.3, -0.25) is 0 Å². The highest BCUT2D eigenvalue weighted by atomic mass is 16.6. The third-order valence-electron chi connectivity index (χ3n) is 2.11. The maximum Gasteiger partial charge on any atom is 0.490 e. The van der Waals surface area contributed by atoms with Gasteiger partial charge in [0, 0.05) is 5.10 Å². The molecule has 90 valence electrons. The zero-order valence-electron chi connectivity index (χ0n) is 9.59. The van der Waals surface area contributed by atoms with Crippen molar-refractivity contribution >= 4 is 5.95 Å². The van der Waals surface area contributed by atoms with Crippen molar-refractivity contribution in [3.63, 3.8) is 0 Å². The van der Waals surface area contributed by atoms with E-state index in [1.807, 2.05) is 0 Å². The lowest BCUT2D eigenvalue weighted by Crippen LogP contribution is -2.24. The van der Waals surface area contributed by atoms with Gasteiger partial charge in [-0.15, -0.1) is 0 Å². The normalized spacial score (nSPS) is 12.6. The highest BCUT2D eigenvalue weighted by molar-refractivity contribution is 4.96. The fourth-order valence-corrected chi connectivity index (χ4v) is 1.37. The van der Waals surface area contributed by atoms with Gasteiger partial charge in [0.25, 0.3) is 0 Å². The summed E-state index contributed by atoms with van der Waals surface area (Å²) in [6.07, 6.45) is 2.50. The lowest BCUT2D eigenvalue weighted by molar-refractivity contribution is -0.394. The molecule has 0 aromatic carbocycles. The van der Waals surface area contributed by atoms with E-state index < -0.39 is 4.92 Å². The van der Waals surface area contributed by atoms with Crippen molar-refractivity contribution in [3.05, 3.63) is 16.4 Å². The number of nitrogens with one attached hydrogen (secondary N) is 1. The Labute approximate surface area is 94.0 Å². The molecule has 7 heteroatoms. The predicted octanol–water partition coefficient (Wildman–Crippen LogP) is 0.822. The Morgan fingerprint density at radius 1 is 1.69 bits per heavy atom. The average molecular weight is 227 g/mol. The van der Waals surface area contributed by atoms with Crippen molar-refractivity contribution < 1.29 is 4.92 Å². The van der Waals surface area contributed by atoms with E-state index in [1.54, 1.807) is 0 Å². The molecule has 0 saturated carbocycles. The first-order valence-corrected chi connectivity index (χ1v) is 5.38. The van der Waals surface area contributed by atoms with Gasteiger partial charge in [0.05, 0.1) is 6.54 Å². The second-order valence-corrected chi connectivity index (χ2v) is 3.83. The van der Waals surface area contributed by atoms with Crippen LogP contribution in [0.15, 0.2) is 6.33 Å². The number of hydrogen-bond acceptors (Lipinski definition) is 5. The maximum absolute atomic E-state index is 10.4. The topological polar surface area (TPSA) is 85.9 Å². The number of nitrogens with zero attached hydrogens (tertiary/aromatic N) is 4. The minimum Gasteiger partial charge on any atom is -0.390 e. The molecule has 0 amide bonds. The zero-order valence-corrected chi connectivity index (χ0v) is 9.59. The molecule has 1 heterocycles. The summed E-state index contributed by atoms with van der Waals surface area (Å²) in [7, 11) is 0. The first-order valence-electron chi connectivity index (χ1n) is 5.38. The Balaban J connectivity index is 2.37. The summed E-state index contributed by atoms with van der Waals surface area (Å²) < 4.78 is 1.51. The molecule has 7 nitrogen and oxygen atoms in total. The first kappa shape index (κ1) is 12.6. The molecule has 0 bridgehead atoms. The van der Waals surface area contributed by atoms with Crippen LogP contribution < -0.4 is 5.32 Å². The molecule has 0 fully saturated rings. The third-order valence-corrected chi connectivity index (χ3v) is 2.11. The van der Waals surface area contributed by atoms with Crippen molar-refractivity contribution in [2.75, 3.05) is 13.1 Å². The molecule has 0 spiro atoms. The number of hydrogen-bond donors (Lipinski definition) is 1. The van der Waals surface area contributed by atoms with Gasteiger partial charge in [-0.1, -0.05) is 18.8 Å². The minimum absolute atomic E-state index is 0.339. The van der Waals surface area contributed by atoms with Crippen LogP contribution in [0.5, 0.6) is 0 Å². The van der Waals surface area contributed by atoms with Crippen LogP contribution in [-0.2, 0) is 6.54 Å². The molecular weight excluding hydrogens is 210 g/mol. The van der Waals surface area contributed by atoms with Gasteiger partial charge in [-0.2, -0.15) is 4.68 Å². The van der Waals surface area contributed by atoms with Crippen molar-refractivity contribution in [2.45, 2.75) is 26.8 Å². The highest BCUT2D eigenvalue weighted by Gasteiger charge is 2.14. The molecule has 1 unspecified atom stereocenters. The zero-order chi connectivity index (χ0) is 12.0. The van der Waals surface area contributed by atoms with Gasteiger partial charge in [-0.25, -0.2) is 0 Å². The van der Waals surface area contributed by atoms with Crippen LogP contribution in [0.4, 0.5) is 5.95 Å². The molecule has 1 atom stereocenters. The van der Waals surface area contributed by atoms with Crippen LogP contribution in [0.1, 0.15) is 20.3 Å². The quantitative estimate of drug-likeness (QED) is 0.423. The van der Waals surface area contributed by atoms with Crippen LogP contribution >= 0.6 is 0 Å². The van der Waals surface area contributed by atoms with Crippen molar-refractivity contribution in [3.8, 4) is 0 Å². The van der Waals surface area contributed by atoms with Gasteiger partial charge >= 0.3 is 5.95 Å². The molecule has 0 aliphatic heterocycles. The molecule has 1 aromatic rings. The molecular formula is C9H17N5O2. The number of aromatic nitrogens is 3. The summed E-state index contributed by atoms with van der Waals surface area (Å²) in [6, 6.07) is 0. The molecule has 1 N–H and O–H groups in total. The fraction of sp³-hybridized carbons (Fsp3) is 0.778. The van der Waals surface area contributed by atoms with Crippen molar-refractivity contribution in [2.24, 2.45) is 5.92 Å². The SMILES string of the molecule is CCCNCC(C)Cn1cnc([N+](=O)[O-])n1. The lowest BCUT2D eigenvalue weighted by atomic mass is 10.2. The van der Waals surface area contributed by atoms with E-state index in [-0.39, 0.29) is 5.95 Å². The van der Waals surface area contributed by atoms with Crippen LogP contribution in [0.25, 0.3) is 0 Å². The summed E-state index contributed by atoms with van der Waals surface area (Å²) in [5.74, 6) is 0.0292. The number of nitro groups is 1. The van der Waals surface area contributed by atoms with Gasteiger partial charge in [-0.05, 0) is 30.4 Å². The van der Waals surface area contributed by atoms with Crippen LogP contribution in [0.3, 0.4) is 0 Å². The molecule has 0 aliphatic carbocycles. The molecule has 1 aromatic heterocycles. The Morgan fingerprint density at radius 3 is 3.00 bits per heavy atom. The van der Waals surface area contributed by atoms with E-state index in [9.17, 15) is 10.1 Å². The number of rotatable bonds is 7. The first-order chi connectivity index (χ1) is 7.63. The lowest BCUT2D eigenvalue weighted by Gasteiger charge is -2.09. The van der Waals surface area contributed by atoms with E-state index in [4.69, 9.17) is 0 Å². The van der Waals surface area contributed by atoms with Gasteiger partial charge < -0.3 is 15.4 Å². The summed E-state index contributed by atoms with van der Waals surface area (Å²) in [6.45, 7) is 6.68. The van der Waals surface area contributed by atoms with Gasteiger partial charge in [0.2, 0.25) is 6.33 Å². The highest BCUT2D eigenvalue weighted by Crippen LogP contribution is 2.03. The molecule has 0 aliphatic rings.